The second-order valence-electron chi connectivity index (χ2n) is 8.60. The highest BCUT2D eigenvalue weighted by Crippen LogP contribution is 2.68. The maximum absolute atomic E-state index is 12.3. The molecule has 0 aliphatic heterocycles. The van der Waals surface area contributed by atoms with E-state index in [1.165, 1.54) is 16.9 Å². The van der Waals surface area contributed by atoms with Gasteiger partial charge < -0.3 is 9.84 Å². The van der Waals surface area contributed by atoms with Crippen molar-refractivity contribution in [2.45, 2.75) is 51.9 Å². The molecular weight excluding hydrogens is 358 g/mol. The lowest BCUT2D eigenvalue weighted by atomic mass is 9.82. The molecule has 2 aromatic rings. The van der Waals surface area contributed by atoms with Crippen molar-refractivity contribution >= 4 is 17.3 Å². The lowest BCUT2D eigenvalue weighted by Crippen LogP contribution is -2.24. The predicted octanol–water partition coefficient (Wildman–Crippen LogP) is 5.80. The SMILES string of the molecule is CC1(C)CCCC1=CC1(C(=O)O)CC1(C)c1cnc(Oc2ccccc2)s1. The van der Waals surface area contributed by atoms with Gasteiger partial charge in [-0.25, -0.2) is 4.98 Å². The average Bonchev–Trinajstić information content (AvgIpc) is 2.91. The Kier molecular flexibility index (Phi) is 4.18. The highest BCUT2D eigenvalue weighted by Gasteiger charge is 2.70. The predicted molar refractivity (Wildman–Crippen MR) is 106 cm³/mol. The Morgan fingerprint density at radius 2 is 2.00 bits per heavy atom. The van der Waals surface area contributed by atoms with E-state index < -0.39 is 16.8 Å². The standard InChI is InChI=1S/C22H25NO3S/c1-20(2)11-7-8-15(20)12-22(18(24)25)14-21(22,3)17-13-23-19(27-17)26-16-9-5-4-6-10-16/h4-6,9-10,12-13H,7-8,11,14H2,1-3H3,(H,24,25). The van der Waals surface area contributed by atoms with E-state index in [1.54, 1.807) is 6.20 Å². The molecule has 2 saturated carbocycles. The summed E-state index contributed by atoms with van der Waals surface area (Å²) in [5, 5.41) is 10.6. The Balaban J connectivity index is 1.62. The van der Waals surface area contributed by atoms with Crippen LogP contribution in [-0.4, -0.2) is 16.1 Å². The highest BCUT2D eigenvalue weighted by atomic mass is 32.1. The van der Waals surface area contributed by atoms with Gasteiger partial charge in [0.15, 0.2) is 0 Å². The van der Waals surface area contributed by atoms with E-state index in [0.29, 0.717) is 11.6 Å². The van der Waals surface area contributed by atoms with Crippen LogP contribution in [-0.2, 0) is 10.2 Å². The summed E-state index contributed by atoms with van der Waals surface area (Å²) in [5.41, 5.74) is 0.126. The number of rotatable bonds is 5. The molecule has 27 heavy (non-hydrogen) atoms. The summed E-state index contributed by atoms with van der Waals surface area (Å²) in [6, 6.07) is 9.53. The van der Waals surface area contributed by atoms with E-state index in [4.69, 9.17) is 4.74 Å². The molecule has 1 N–H and O–H groups in total. The van der Waals surface area contributed by atoms with E-state index in [1.807, 2.05) is 37.3 Å². The lowest BCUT2D eigenvalue weighted by molar-refractivity contribution is -0.142. The van der Waals surface area contributed by atoms with Crippen LogP contribution in [0.25, 0.3) is 0 Å². The van der Waals surface area contributed by atoms with Gasteiger partial charge in [0.2, 0.25) is 0 Å². The fourth-order valence-corrected chi connectivity index (χ4v) is 5.35. The normalized spacial score (nSPS) is 30.4. The first-order chi connectivity index (χ1) is 12.8. The van der Waals surface area contributed by atoms with Crippen LogP contribution in [0.1, 0.15) is 51.3 Å². The molecule has 4 nitrogen and oxygen atoms in total. The Bertz CT molecular complexity index is 901. The number of hydrogen-bond donors (Lipinski definition) is 1. The van der Waals surface area contributed by atoms with Crippen LogP contribution in [0, 0.1) is 10.8 Å². The zero-order valence-corrected chi connectivity index (χ0v) is 16.8. The fraction of sp³-hybridized carbons (Fsp3) is 0.455. The maximum Gasteiger partial charge on any atom is 0.314 e. The van der Waals surface area contributed by atoms with Crippen LogP contribution < -0.4 is 4.74 Å². The minimum atomic E-state index is -0.833. The van der Waals surface area contributed by atoms with Crippen molar-refractivity contribution in [3.63, 3.8) is 0 Å². The minimum absolute atomic E-state index is 0.0984. The molecule has 5 heteroatoms. The number of ether oxygens (including phenoxy) is 1. The van der Waals surface area contributed by atoms with Gasteiger partial charge in [-0.05, 0) is 43.2 Å². The second-order valence-corrected chi connectivity index (χ2v) is 9.59. The molecule has 1 aromatic heterocycles. The van der Waals surface area contributed by atoms with Crippen molar-refractivity contribution in [2.24, 2.45) is 10.8 Å². The van der Waals surface area contributed by atoms with Crippen molar-refractivity contribution in [3.8, 4) is 10.9 Å². The average molecular weight is 384 g/mol. The topological polar surface area (TPSA) is 59.4 Å². The van der Waals surface area contributed by atoms with Gasteiger partial charge in [-0.1, -0.05) is 62.0 Å². The number of carbonyl (C=O) groups is 1. The van der Waals surface area contributed by atoms with Gasteiger partial charge in [0.25, 0.3) is 5.19 Å². The van der Waals surface area contributed by atoms with E-state index in [2.05, 4.69) is 24.9 Å². The number of hydrogen-bond acceptors (Lipinski definition) is 4. The molecule has 2 fully saturated rings. The van der Waals surface area contributed by atoms with Crippen LogP contribution in [0.4, 0.5) is 0 Å². The van der Waals surface area contributed by atoms with Gasteiger partial charge in [0.1, 0.15) is 5.75 Å². The molecule has 4 rings (SSSR count). The molecule has 2 aliphatic rings. The van der Waals surface area contributed by atoms with Crippen molar-refractivity contribution in [1.29, 1.82) is 0 Å². The van der Waals surface area contributed by atoms with Crippen LogP contribution in [0.5, 0.6) is 10.9 Å². The number of nitrogens with zero attached hydrogens (tertiary/aromatic N) is 1. The molecule has 142 valence electrons. The van der Waals surface area contributed by atoms with Gasteiger partial charge in [-0.15, -0.1) is 0 Å². The van der Waals surface area contributed by atoms with Crippen molar-refractivity contribution in [3.05, 3.63) is 53.1 Å². The van der Waals surface area contributed by atoms with Crippen LogP contribution in [0.15, 0.2) is 48.2 Å². The number of thiazole rings is 1. The molecule has 1 heterocycles. The minimum Gasteiger partial charge on any atom is -0.481 e. The van der Waals surface area contributed by atoms with E-state index in [0.717, 1.165) is 29.9 Å². The third-order valence-corrected chi connectivity index (χ3v) is 7.53. The first kappa shape index (κ1) is 18.2. The number of carboxylic acids is 1. The van der Waals surface area contributed by atoms with Crippen molar-refractivity contribution in [2.75, 3.05) is 0 Å². The smallest absolute Gasteiger partial charge is 0.314 e. The van der Waals surface area contributed by atoms with Gasteiger partial charge in [0.05, 0.1) is 5.41 Å². The Morgan fingerprint density at radius 3 is 2.63 bits per heavy atom. The monoisotopic (exact) mass is 383 g/mol. The van der Waals surface area contributed by atoms with Gasteiger partial charge in [-0.3, -0.25) is 4.79 Å². The number of benzene rings is 1. The Labute approximate surface area is 163 Å². The van der Waals surface area contributed by atoms with Crippen molar-refractivity contribution in [1.82, 2.24) is 4.98 Å². The number of para-hydroxylation sites is 1. The second kappa shape index (κ2) is 6.20. The molecular formula is C22H25NO3S. The molecule has 0 bridgehead atoms. The summed E-state index contributed by atoms with van der Waals surface area (Å²) in [6.07, 6.45) is 7.73. The summed E-state index contributed by atoms with van der Waals surface area (Å²) in [4.78, 5) is 17.6. The van der Waals surface area contributed by atoms with Gasteiger partial charge >= 0.3 is 5.97 Å². The first-order valence-electron chi connectivity index (χ1n) is 9.42. The Hall–Kier alpha value is -2.14. The van der Waals surface area contributed by atoms with Gasteiger partial charge in [0, 0.05) is 16.5 Å². The number of aromatic nitrogens is 1. The third-order valence-electron chi connectivity index (χ3n) is 6.39. The fourth-order valence-electron chi connectivity index (χ4n) is 4.34. The summed E-state index contributed by atoms with van der Waals surface area (Å²) < 4.78 is 5.82. The largest absolute Gasteiger partial charge is 0.481 e. The molecule has 2 aliphatic carbocycles. The van der Waals surface area contributed by atoms with Gasteiger partial charge in [-0.2, -0.15) is 0 Å². The summed E-state index contributed by atoms with van der Waals surface area (Å²) in [5.74, 6) is -0.00204. The molecule has 0 spiro atoms. The summed E-state index contributed by atoms with van der Waals surface area (Å²) in [6.45, 7) is 6.49. The van der Waals surface area contributed by atoms with E-state index in [9.17, 15) is 9.90 Å². The Morgan fingerprint density at radius 1 is 1.26 bits per heavy atom. The maximum atomic E-state index is 12.3. The molecule has 0 saturated heterocycles. The zero-order chi connectivity index (χ0) is 19.3. The highest BCUT2D eigenvalue weighted by molar-refractivity contribution is 7.13. The number of aliphatic carboxylic acids is 1. The zero-order valence-electron chi connectivity index (χ0n) is 16.0. The molecule has 1 aromatic carbocycles. The summed E-state index contributed by atoms with van der Waals surface area (Å²) >= 11 is 1.45. The van der Waals surface area contributed by atoms with Crippen LogP contribution in [0.3, 0.4) is 0 Å². The molecule has 2 atom stereocenters. The quantitative estimate of drug-likeness (QED) is 0.663. The lowest BCUT2D eigenvalue weighted by Gasteiger charge is -2.23. The molecule has 0 amide bonds. The van der Waals surface area contributed by atoms with Crippen LogP contribution >= 0.6 is 11.3 Å². The first-order valence-corrected chi connectivity index (χ1v) is 10.2. The van der Waals surface area contributed by atoms with Crippen molar-refractivity contribution < 1.29 is 14.6 Å². The van der Waals surface area contributed by atoms with E-state index in [-0.39, 0.29) is 5.41 Å². The molecule has 2 unspecified atom stereocenters. The number of allylic oxidation sites excluding steroid dienone is 1. The third kappa shape index (κ3) is 2.98. The summed E-state index contributed by atoms with van der Waals surface area (Å²) in [7, 11) is 0. The number of carboxylic acid groups (broad SMARTS) is 1. The van der Waals surface area contributed by atoms with E-state index >= 15 is 0 Å². The molecule has 0 radical (unpaired) electrons. The van der Waals surface area contributed by atoms with Crippen LogP contribution in [0.2, 0.25) is 0 Å².